The van der Waals surface area contributed by atoms with Crippen molar-refractivity contribution in [2.45, 2.75) is 22.0 Å². The Balaban J connectivity index is 1.73. The van der Waals surface area contributed by atoms with E-state index in [1.807, 2.05) is 24.3 Å². The van der Waals surface area contributed by atoms with Crippen LogP contribution in [0.4, 0.5) is 0 Å². The van der Waals surface area contributed by atoms with E-state index in [-0.39, 0.29) is 17.1 Å². The number of nitriles is 1. The molecule has 5 nitrogen and oxygen atoms in total. The van der Waals surface area contributed by atoms with Crippen molar-refractivity contribution in [1.82, 2.24) is 15.2 Å². The summed E-state index contributed by atoms with van der Waals surface area (Å²) in [7, 11) is 0. The molecule has 0 amide bonds. The molecule has 0 fully saturated rings. The second-order valence-corrected chi connectivity index (χ2v) is 9.46. The van der Waals surface area contributed by atoms with E-state index in [0.717, 1.165) is 31.1 Å². The van der Waals surface area contributed by atoms with E-state index in [2.05, 4.69) is 28.2 Å². The van der Waals surface area contributed by atoms with Crippen molar-refractivity contribution in [2.24, 2.45) is 0 Å². The van der Waals surface area contributed by atoms with E-state index in [9.17, 15) is 10.4 Å². The van der Waals surface area contributed by atoms with Crippen LogP contribution in [0.5, 0.6) is 0 Å². The highest BCUT2D eigenvalue weighted by atomic mass is 32.2. The smallest absolute Gasteiger partial charge is 0.175 e. The van der Waals surface area contributed by atoms with E-state index in [4.69, 9.17) is 0 Å². The number of nitrogens with zero attached hydrogens (tertiary/aromatic N) is 4. The van der Waals surface area contributed by atoms with E-state index in [0.29, 0.717) is 5.01 Å². The first kappa shape index (κ1) is 18.2. The molecule has 0 bridgehead atoms. The molecule has 0 unspecified atom stereocenters. The topological polar surface area (TPSA) is 82.7 Å². The van der Waals surface area contributed by atoms with E-state index in [1.54, 1.807) is 11.8 Å². The molecule has 1 N–H and O–H groups in total. The molecule has 0 aliphatic rings. The van der Waals surface area contributed by atoms with E-state index < -0.39 is 0 Å². The molecule has 3 rings (SSSR count). The maximum Gasteiger partial charge on any atom is 0.175 e. The van der Waals surface area contributed by atoms with Crippen molar-refractivity contribution in [3.05, 3.63) is 35.0 Å². The normalized spacial score (nSPS) is 12.2. The third kappa shape index (κ3) is 4.52. The lowest BCUT2D eigenvalue weighted by Gasteiger charge is -2.00. The van der Waals surface area contributed by atoms with Gasteiger partial charge < -0.3 is 5.11 Å². The Hall–Kier alpha value is -1.60. The largest absolute Gasteiger partial charge is 0.510 e. The molecule has 0 aliphatic heterocycles. The van der Waals surface area contributed by atoms with Crippen molar-refractivity contribution >= 4 is 62.0 Å². The van der Waals surface area contributed by atoms with Gasteiger partial charge in [-0.2, -0.15) is 5.26 Å². The molecule has 3 aromatic rings. The predicted octanol–water partition coefficient (Wildman–Crippen LogP) is 5.23. The molecule has 0 spiro atoms. The van der Waals surface area contributed by atoms with Crippen molar-refractivity contribution in [2.75, 3.05) is 11.5 Å². The van der Waals surface area contributed by atoms with E-state index in [1.165, 1.54) is 34.4 Å². The zero-order valence-electron chi connectivity index (χ0n) is 13.3. The molecule has 0 radical (unpaired) electrons. The highest BCUT2D eigenvalue weighted by Crippen LogP contribution is 2.32. The molecule has 0 atom stereocenters. The summed E-state index contributed by atoms with van der Waals surface area (Å²) >= 11 is 5.97. The summed E-state index contributed by atoms with van der Waals surface area (Å²) in [6, 6.07) is 9.76. The zero-order valence-corrected chi connectivity index (χ0v) is 16.6. The standard InChI is InChI=1S/C16H14N4OS4/c1-2-7-22-15-19-20-16(25-15)23-9-12(21)10(8-17)14-18-11-5-3-4-6-13(11)24-14/h3-6,21H,2,7,9H2,1H3/b12-10-. The van der Waals surface area contributed by atoms with Gasteiger partial charge in [0.25, 0.3) is 0 Å². The molecule has 1 aromatic carbocycles. The fourth-order valence-electron chi connectivity index (χ4n) is 1.92. The van der Waals surface area contributed by atoms with Crippen LogP contribution in [-0.2, 0) is 0 Å². The molecule has 2 aromatic heterocycles. The SMILES string of the molecule is CCCSc1nnc(SC/C(O)=C(\C#N)c2nc3ccccc3s2)s1. The predicted molar refractivity (Wildman–Crippen MR) is 106 cm³/mol. The third-order valence-corrected chi connectivity index (χ3v) is 7.52. The number of thiazole rings is 1. The van der Waals surface area contributed by atoms with Crippen LogP contribution < -0.4 is 0 Å². The van der Waals surface area contributed by atoms with Crippen molar-refractivity contribution < 1.29 is 5.11 Å². The molecular weight excluding hydrogens is 392 g/mol. The maximum atomic E-state index is 10.4. The number of rotatable bonds is 7. The number of fused-ring (bicyclic) bond motifs is 1. The van der Waals surface area contributed by atoms with Crippen LogP contribution in [0.2, 0.25) is 0 Å². The first-order valence-electron chi connectivity index (χ1n) is 7.48. The number of aliphatic hydroxyl groups excluding tert-OH is 1. The minimum Gasteiger partial charge on any atom is -0.510 e. The van der Waals surface area contributed by atoms with Gasteiger partial charge in [0.2, 0.25) is 0 Å². The second kappa shape index (κ2) is 8.67. The lowest BCUT2D eigenvalue weighted by molar-refractivity contribution is 0.421. The van der Waals surface area contributed by atoms with Crippen LogP contribution in [0, 0.1) is 11.3 Å². The average Bonchev–Trinajstić information content (AvgIpc) is 3.25. The van der Waals surface area contributed by atoms with Gasteiger partial charge in [0.1, 0.15) is 22.4 Å². The molecule has 9 heteroatoms. The number of benzene rings is 1. The summed E-state index contributed by atoms with van der Waals surface area (Å²) in [6.07, 6.45) is 1.09. The van der Waals surface area contributed by atoms with Crippen molar-refractivity contribution in [3.63, 3.8) is 0 Å². The Morgan fingerprint density at radius 2 is 1.96 bits per heavy atom. The van der Waals surface area contributed by atoms with E-state index >= 15 is 0 Å². The Kier molecular flexibility index (Phi) is 6.31. The summed E-state index contributed by atoms with van der Waals surface area (Å²) in [5, 5.41) is 28.6. The quantitative estimate of drug-likeness (QED) is 0.326. The fourth-order valence-corrected chi connectivity index (χ4v) is 5.73. The Labute approximate surface area is 161 Å². The van der Waals surface area contributed by atoms with Gasteiger partial charge in [-0.05, 0) is 18.6 Å². The number of allylic oxidation sites excluding steroid dienone is 1. The summed E-state index contributed by atoms with van der Waals surface area (Å²) < 4.78 is 2.71. The highest BCUT2D eigenvalue weighted by molar-refractivity contribution is 8.03. The highest BCUT2D eigenvalue weighted by Gasteiger charge is 2.15. The van der Waals surface area contributed by atoms with Gasteiger partial charge in [0, 0.05) is 5.75 Å². The number of thioether (sulfide) groups is 2. The van der Waals surface area contributed by atoms with Gasteiger partial charge in [-0.3, -0.25) is 0 Å². The van der Waals surface area contributed by atoms with Crippen LogP contribution in [-0.4, -0.2) is 31.8 Å². The molecule has 25 heavy (non-hydrogen) atoms. The molecule has 0 saturated carbocycles. The molecule has 0 aliphatic carbocycles. The van der Waals surface area contributed by atoms with Crippen molar-refractivity contribution in [3.8, 4) is 6.07 Å². The fraction of sp³-hybridized carbons (Fsp3) is 0.250. The van der Waals surface area contributed by atoms with Crippen LogP contribution in [0.15, 0.2) is 38.7 Å². The first-order valence-corrected chi connectivity index (χ1v) is 11.1. The van der Waals surface area contributed by atoms with Crippen LogP contribution in [0.25, 0.3) is 15.8 Å². The summed E-state index contributed by atoms with van der Waals surface area (Å²) in [4.78, 5) is 4.44. The van der Waals surface area contributed by atoms with Gasteiger partial charge in [0.15, 0.2) is 8.68 Å². The Morgan fingerprint density at radius 3 is 2.68 bits per heavy atom. The molecule has 128 valence electrons. The van der Waals surface area contributed by atoms with Crippen molar-refractivity contribution in [1.29, 1.82) is 5.26 Å². The summed E-state index contributed by atoms with van der Waals surface area (Å²) in [6.45, 7) is 2.12. The van der Waals surface area contributed by atoms with Gasteiger partial charge >= 0.3 is 0 Å². The number of aromatic nitrogens is 3. The average molecular weight is 407 g/mol. The Morgan fingerprint density at radius 1 is 1.20 bits per heavy atom. The van der Waals surface area contributed by atoms with Crippen LogP contribution >= 0.6 is 46.2 Å². The van der Waals surface area contributed by atoms with Gasteiger partial charge in [-0.25, -0.2) is 4.98 Å². The maximum absolute atomic E-state index is 10.4. The molecular formula is C16H14N4OS4. The van der Waals surface area contributed by atoms with Gasteiger partial charge in [-0.15, -0.1) is 21.5 Å². The van der Waals surface area contributed by atoms with Crippen LogP contribution in [0.3, 0.4) is 0 Å². The lowest BCUT2D eigenvalue weighted by Crippen LogP contribution is -1.92. The van der Waals surface area contributed by atoms with Crippen LogP contribution in [0.1, 0.15) is 18.4 Å². The summed E-state index contributed by atoms with van der Waals surface area (Å²) in [5.41, 5.74) is 1.05. The first-order chi connectivity index (χ1) is 12.2. The third-order valence-electron chi connectivity index (χ3n) is 3.06. The lowest BCUT2D eigenvalue weighted by atomic mass is 10.2. The number of para-hydroxylation sites is 1. The summed E-state index contributed by atoms with van der Waals surface area (Å²) in [5.74, 6) is 1.30. The number of hydrogen-bond donors (Lipinski definition) is 1. The Bertz CT molecular complexity index is 908. The number of hydrogen-bond acceptors (Lipinski definition) is 9. The second-order valence-electron chi connectivity index (χ2n) is 4.89. The zero-order chi connectivity index (χ0) is 17.6. The number of aliphatic hydroxyl groups is 1. The van der Waals surface area contributed by atoms with Gasteiger partial charge in [-0.1, -0.05) is 53.9 Å². The molecule has 2 heterocycles. The van der Waals surface area contributed by atoms with Gasteiger partial charge in [0.05, 0.1) is 16.0 Å². The minimum atomic E-state index is 0.0181. The molecule has 0 saturated heterocycles. The minimum absolute atomic E-state index is 0.0181. The monoisotopic (exact) mass is 406 g/mol.